The van der Waals surface area contributed by atoms with Gasteiger partial charge >= 0.3 is 0 Å². The second-order valence-corrected chi connectivity index (χ2v) is 15.9. The van der Waals surface area contributed by atoms with Crippen molar-refractivity contribution in [1.29, 1.82) is 0 Å². The number of alkyl halides is 1. The molecule has 4 heteroatoms. The molecular formula is C44H62BrClO2. The van der Waals surface area contributed by atoms with E-state index in [9.17, 15) is 0 Å². The Labute approximate surface area is 306 Å². The first-order chi connectivity index (χ1) is 23.5. The average molecular weight is 738 g/mol. The monoisotopic (exact) mass is 736 g/mol. The van der Waals surface area contributed by atoms with Gasteiger partial charge in [0, 0.05) is 17.0 Å². The minimum atomic E-state index is -0.453. The van der Waals surface area contributed by atoms with Crippen LogP contribution >= 0.6 is 27.5 Å². The van der Waals surface area contributed by atoms with Crippen LogP contribution in [-0.4, -0.2) is 19.8 Å². The highest BCUT2D eigenvalue weighted by Gasteiger charge is 2.43. The van der Waals surface area contributed by atoms with E-state index in [1.54, 1.807) is 0 Å². The summed E-state index contributed by atoms with van der Waals surface area (Å²) in [6.07, 6.45) is 24.3. The fourth-order valence-electron chi connectivity index (χ4n) is 7.26. The Kier molecular flexibility index (Phi) is 16.9. The second kappa shape index (κ2) is 20.8. The zero-order valence-corrected chi connectivity index (χ0v) is 32.6. The van der Waals surface area contributed by atoms with Crippen LogP contribution in [0.15, 0.2) is 66.7 Å². The standard InChI is InChI=1S/C44H62BrClO2/c1-4-7-8-9-10-11-12-13-14-15-16-17-18-19-20-23-32-47-34-43(5-2,6-3)35-48-38-30-31-40-39-24-21-22-25-41(39)44(45,42(40)33-38)36-26-28-37(46)29-27-36/h21-22,24-31,33H,4-20,23,32,34-35H2,1-3H3. The molecule has 0 spiro atoms. The van der Waals surface area contributed by atoms with Gasteiger partial charge in [0.1, 0.15) is 10.1 Å². The van der Waals surface area contributed by atoms with E-state index in [0.717, 1.165) is 48.8 Å². The number of benzene rings is 3. The van der Waals surface area contributed by atoms with E-state index in [0.29, 0.717) is 6.61 Å². The van der Waals surface area contributed by atoms with E-state index in [1.165, 1.54) is 119 Å². The van der Waals surface area contributed by atoms with Gasteiger partial charge in [0.25, 0.3) is 0 Å². The molecule has 264 valence electrons. The summed E-state index contributed by atoms with van der Waals surface area (Å²) in [6, 6.07) is 23.4. The quantitative estimate of drug-likeness (QED) is 0.0637. The third kappa shape index (κ3) is 10.8. The van der Waals surface area contributed by atoms with Gasteiger partial charge in [-0.25, -0.2) is 0 Å². The molecule has 0 N–H and O–H groups in total. The van der Waals surface area contributed by atoms with E-state index in [1.807, 2.05) is 12.1 Å². The molecule has 0 aromatic heterocycles. The van der Waals surface area contributed by atoms with E-state index in [4.69, 9.17) is 21.1 Å². The van der Waals surface area contributed by atoms with E-state index < -0.39 is 4.32 Å². The summed E-state index contributed by atoms with van der Waals surface area (Å²) < 4.78 is 12.4. The normalized spacial score (nSPS) is 15.4. The maximum atomic E-state index is 6.59. The number of unbranched alkanes of at least 4 members (excludes halogenated alkanes) is 15. The highest BCUT2D eigenvalue weighted by Crippen LogP contribution is 2.57. The third-order valence-corrected chi connectivity index (χ3v) is 12.4. The molecule has 1 atom stereocenters. The Balaban J connectivity index is 1.16. The van der Waals surface area contributed by atoms with Crippen LogP contribution in [0.4, 0.5) is 0 Å². The van der Waals surface area contributed by atoms with E-state index >= 15 is 0 Å². The molecule has 0 fully saturated rings. The average Bonchev–Trinajstić information content (AvgIpc) is 3.37. The first-order valence-electron chi connectivity index (χ1n) is 19.4. The van der Waals surface area contributed by atoms with Crippen molar-refractivity contribution in [3.63, 3.8) is 0 Å². The van der Waals surface area contributed by atoms with Crippen molar-refractivity contribution < 1.29 is 9.47 Å². The molecular weight excluding hydrogens is 676 g/mol. The van der Waals surface area contributed by atoms with Crippen molar-refractivity contribution >= 4 is 27.5 Å². The van der Waals surface area contributed by atoms with Crippen LogP contribution in [0.25, 0.3) is 11.1 Å². The van der Waals surface area contributed by atoms with Crippen molar-refractivity contribution in [2.24, 2.45) is 5.41 Å². The van der Waals surface area contributed by atoms with Gasteiger partial charge in [-0.05, 0) is 71.3 Å². The molecule has 0 bridgehead atoms. The zero-order valence-electron chi connectivity index (χ0n) is 30.3. The summed E-state index contributed by atoms with van der Waals surface area (Å²) in [5.41, 5.74) is 6.13. The molecule has 0 saturated carbocycles. The molecule has 3 aromatic carbocycles. The summed E-state index contributed by atoms with van der Waals surface area (Å²) in [5, 5.41) is 0.742. The largest absolute Gasteiger partial charge is 0.493 e. The summed E-state index contributed by atoms with van der Waals surface area (Å²) in [5.74, 6) is 0.906. The fourth-order valence-corrected chi connectivity index (χ4v) is 8.33. The predicted molar refractivity (Wildman–Crippen MR) is 211 cm³/mol. The second-order valence-electron chi connectivity index (χ2n) is 14.3. The van der Waals surface area contributed by atoms with Gasteiger partial charge in [-0.3, -0.25) is 0 Å². The molecule has 1 aliphatic rings. The predicted octanol–water partition coefficient (Wildman–Crippen LogP) is 14.5. The van der Waals surface area contributed by atoms with Crippen LogP contribution in [0.1, 0.15) is 153 Å². The van der Waals surface area contributed by atoms with Crippen LogP contribution in [0, 0.1) is 5.41 Å². The molecule has 3 aromatic rings. The van der Waals surface area contributed by atoms with Gasteiger partial charge in [-0.2, -0.15) is 0 Å². The molecule has 4 rings (SSSR count). The summed E-state index contributed by atoms with van der Waals surface area (Å²) in [4.78, 5) is 0. The number of ether oxygens (including phenoxy) is 2. The third-order valence-electron chi connectivity index (χ3n) is 10.8. The Morgan fingerprint density at radius 2 is 1.15 bits per heavy atom. The van der Waals surface area contributed by atoms with Crippen LogP contribution in [0.2, 0.25) is 5.02 Å². The van der Waals surface area contributed by atoms with Crippen molar-refractivity contribution in [2.45, 2.75) is 141 Å². The number of hydrogen-bond donors (Lipinski definition) is 0. The van der Waals surface area contributed by atoms with Crippen LogP contribution in [0.3, 0.4) is 0 Å². The topological polar surface area (TPSA) is 18.5 Å². The lowest BCUT2D eigenvalue weighted by Crippen LogP contribution is -2.33. The van der Waals surface area contributed by atoms with Crippen LogP contribution < -0.4 is 4.74 Å². The molecule has 0 saturated heterocycles. The van der Waals surface area contributed by atoms with Crippen molar-refractivity contribution in [2.75, 3.05) is 19.8 Å². The molecule has 48 heavy (non-hydrogen) atoms. The lowest BCUT2D eigenvalue weighted by atomic mass is 9.84. The van der Waals surface area contributed by atoms with Gasteiger partial charge in [0.05, 0.1) is 13.2 Å². The number of hydrogen-bond acceptors (Lipinski definition) is 2. The smallest absolute Gasteiger partial charge is 0.119 e. The molecule has 1 aliphatic carbocycles. The van der Waals surface area contributed by atoms with Crippen molar-refractivity contribution in [1.82, 2.24) is 0 Å². The first-order valence-corrected chi connectivity index (χ1v) is 20.5. The summed E-state index contributed by atoms with van der Waals surface area (Å²) in [6.45, 7) is 9.10. The van der Waals surface area contributed by atoms with Crippen molar-refractivity contribution in [3.8, 4) is 16.9 Å². The SMILES string of the molecule is CCCCCCCCCCCCCCCCCCOCC(CC)(CC)COc1ccc2c(c1)C(Br)(c1ccc(Cl)cc1)c1ccccc1-2. The highest BCUT2D eigenvalue weighted by atomic mass is 79.9. The van der Waals surface area contributed by atoms with Gasteiger partial charge in [-0.1, -0.05) is 187 Å². The molecule has 1 unspecified atom stereocenters. The Morgan fingerprint density at radius 3 is 1.73 bits per heavy atom. The molecule has 0 amide bonds. The fraction of sp³-hybridized carbons (Fsp3) is 0.591. The molecule has 2 nitrogen and oxygen atoms in total. The molecule has 0 aliphatic heterocycles. The molecule has 0 heterocycles. The van der Waals surface area contributed by atoms with Gasteiger partial charge in [0.15, 0.2) is 0 Å². The minimum absolute atomic E-state index is 0.0126. The van der Waals surface area contributed by atoms with Gasteiger partial charge < -0.3 is 9.47 Å². The maximum Gasteiger partial charge on any atom is 0.119 e. The van der Waals surface area contributed by atoms with Crippen LogP contribution in [-0.2, 0) is 9.06 Å². The summed E-state index contributed by atoms with van der Waals surface area (Å²) in [7, 11) is 0. The van der Waals surface area contributed by atoms with Gasteiger partial charge in [0.2, 0.25) is 0 Å². The van der Waals surface area contributed by atoms with Crippen molar-refractivity contribution in [3.05, 3.63) is 88.4 Å². The Morgan fingerprint density at radius 1 is 0.604 bits per heavy atom. The summed E-state index contributed by atoms with van der Waals surface area (Å²) >= 11 is 10.5. The Bertz CT molecular complexity index is 1330. The van der Waals surface area contributed by atoms with Crippen LogP contribution in [0.5, 0.6) is 5.75 Å². The maximum absolute atomic E-state index is 6.59. The lowest BCUT2D eigenvalue weighted by Gasteiger charge is -2.31. The molecule has 0 radical (unpaired) electrons. The minimum Gasteiger partial charge on any atom is -0.493 e. The number of fused-ring (bicyclic) bond motifs is 3. The van der Waals surface area contributed by atoms with Gasteiger partial charge in [-0.15, -0.1) is 0 Å². The lowest BCUT2D eigenvalue weighted by molar-refractivity contribution is 0.00674. The van der Waals surface area contributed by atoms with E-state index in [-0.39, 0.29) is 5.41 Å². The zero-order chi connectivity index (χ0) is 34.1. The first kappa shape index (κ1) is 39.0. The van der Waals surface area contributed by atoms with E-state index in [2.05, 4.69) is 91.3 Å². The number of halogens is 2. The Hall–Kier alpha value is -1.81. The highest BCUT2D eigenvalue weighted by molar-refractivity contribution is 9.10. The number of rotatable bonds is 25.